The summed E-state index contributed by atoms with van der Waals surface area (Å²) in [5.74, 6) is 0.959. The zero-order chi connectivity index (χ0) is 13.1. The molecule has 1 atom stereocenters. The molecule has 1 unspecified atom stereocenters. The maximum Gasteiger partial charge on any atom is 0.257 e. The van der Waals surface area contributed by atoms with Crippen molar-refractivity contribution in [3.8, 4) is 0 Å². The number of hydrogen-bond donors (Lipinski definition) is 2. The van der Waals surface area contributed by atoms with Gasteiger partial charge in [-0.15, -0.1) is 0 Å². The van der Waals surface area contributed by atoms with E-state index in [4.69, 9.17) is 10.3 Å². The molecule has 0 aliphatic heterocycles. The van der Waals surface area contributed by atoms with Crippen molar-refractivity contribution in [1.29, 1.82) is 0 Å². The van der Waals surface area contributed by atoms with Crippen molar-refractivity contribution in [3.05, 3.63) is 17.0 Å². The molecule has 0 saturated heterocycles. The zero-order valence-electron chi connectivity index (χ0n) is 11.0. The molecule has 1 fully saturated rings. The van der Waals surface area contributed by atoms with Gasteiger partial charge in [-0.25, -0.2) is 0 Å². The van der Waals surface area contributed by atoms with Gasteiger partial charge in [-0.3, -0.25) is 4.79 Å². The fraction of sp³-hybridized carbons (Fsp3) is 0.692. The number of carbonyl (C=O) groups is 1. The predicted octanol–water partition coefficient (Wildman–Crippen LogP) is 1.54. The number of hydrogen-bond acceptors (Lipinski definition) is 4. The maximum atomic E-state index is 12.2. The smallest absolute Gasteiger partial charge is 0.257 e. The average molecular weight is 251 g/mol. The number of nitrogens with zero attached hydrogens (tertiary/aromatic N) is 1. The molecule has 1 aromatic rings. The van der Waals surface area contributed by atoms with Crippen molar-refractivity contribution >= 4 is 5.91 Å². The zero-order valence-corrected chi connectivity index (χ0v) is 11.0. The van der Waals surface area contributed by atoms with E-state index in [0.29, 0.717) is 29.5 Å². The normalized spacial score (nSPS) is 17.9. The SMILES string of the molecule is Cc1noc(C)c1C(=O)NC(CN)C1CCCC1. The topological polar surface area (TPSA) is 81.2 Å². The van der Waals surface area contributed by atoms with Crippen LogP contribution in [0.25, 0.3) is 0 Å². The second kappa shape index (κ2) is 5.52. The van der Waals surface area contributed by atoms with Crippen LogP contribution in [0.4, 0.5) is 0 Å². The molecular weight excluding hydrogens is 230 g/mol. The summed E-state index contributed by atoms with van der Waals surface area (Å²) in [6.45, 7) is 4.01. The number of nitrogens with one attached hydrogen (secondary N) is 1. The summed E-state index contributed by atoms with van der Waals surface area (Å²) >= 11 is 0. The number of nitrogens with two attached hydrogens (primary N) is 1. The van der Waals surface area contributed by atoms with E-state index in [1.165, 1.54) is 12.8 Å². The average Bonchev–Trinajstić information content (AvgIpc) is 2.96. The van der Waals surface area contributed by atoms with Gasteiger partial charge in [-0.05, 0) is 32.6 Å². The Hall–Kier alpha value is -1.36. The molecule has 5 nitrogen and oxygen atoms in total. The largest absolute Gasteiger partial charge is 0.361 e. The predicted molar refractivity (Wildman–Crippen MR) is 68.2 cm³/mol. The first kappa shape index (κ1) is 13.1. The van der Waals surface area contributed by atoms with Gasteiger partial charge in [0, 0.05) is 12.6 Å². The first-order valence-electron chi connectivity index (χ1n) is 6.57. The molecule has 1 saturated carbocycles. The van der Waals surface area contributed by atoms with Crippen molar-refractivity contribution in [2.45, 2.75) is 45.6 Å². The lowest BCUT2D eigenvalue weighted by Gasteiger charge is -2.23. The Morgan fingerprint density at radius 2 is 2.17 bits per heavy atom. The Morgan fingerprint density at radius 3 is 2.67 bits per heavy atom. The molecule has 1 amide bonds. The van der Waals surface area contributed by atoms with Gasteiger partial charge < -0.3 is 15.6 Å². The molecule has 1 aliphatic rings. The molecule has 1 heterocycles. The fourth-order valence-electron chi connectivity index (χ4n) is 2.78. The highest BCUT2D eigenvalue weighted by Crippen LogP contribution is 2.27. The molecule has 18 heavy (non-hydrogen) atoms. The summed E-state index contributed by atoms with van der Waals surface area (Å²) in [6.07, 6.45) is 4.79. The van der Waals surface area contributed by atoms with Crippen LogP contribution in [0.15, 0.2) is 4.52 Å². The van der Waals surface area contributed by atoms with E-state index in [1.54, 1.807) is 13.8 Å². The molecule has 0 bridgehead atoms. The molecule has 2 rings (SSSR count). The summed E-state index contributed by atoms with van der Waals surface area (Å²) in [4.78, 5) is 12.2. The van der Waals surface area contributed by atoms with E-state index in [-0.39, 0.29) is 11.9 Å². The molecule has 3 N–H and O–H groups in total. The van der Waals surface area contributed by atoms with Crippen molar-refractivity contribution in [1.82, 2.24) is 10.5 Å². The van der Waals surface area contributed by atoms with Crippen LogP contribution in [0.3, 0.4) is 0 Å². The van der Waals surface area contributed by atoms with Crippen LogP contribution in [0.5, 0.6) is 0 Å². The van der Waals surface area contributed by atoms with Gasteiger partial charge in [-0.1, -0.05) is 18.0 Å². The van der Waals surface area contributed by atoms with Gasteiger partial charge in [0.2, 0.25) is 0 Å². The summed E-state index contributed by atoms with van der Waals surface area (Å²) in [7, 11) is 0. The van der Waals surface area contributed by atoms with Gasteiger partial charge in [0.05, 0.1) is 5.69 Å². The van der Waals surface area contributed by atoms with E-state index in [2.05, 4.69) is 10.5 Å². The summed E-state index contributed by atoms with van der Waals surface area (Å²) < 4.78 is 5.02. The third kappa shape index (κ3) is 2.56. The lowest BCUT2D eigenvalue weighted by Crippen LogP contribution is -2.44. The Kier molecular flexibility index (Phi) is 4.01. The molecule has 5 heteroatoms. The van der Waals surface area contributed by atoms with E-state index in [9.17, 15) is 4.79 Å². The molecule has 0 aromatic carbocycles. The highest BCUT2D eigenvalue weighted by Gasteiger charge is 2.27. The Morgan fingerprint density at radius 1 is 1.50 bits per heavy atom. The molecular formula is C13H21N3O2. The molecule has 1 aliphatic carbocycles. The minimum absolute atomic E-state index is 0.0636. The van der Waals surface area contributed by atoms with Crippen LogP contribution in [-0.2, 0) is 0 Å². The Labute approximate surface area is 107 Å². The van der Waals surface area contributed by atoms with E-state index < -0.39 is 0 Å². The second-order valence-corrected chi connectivity index (χ2v) is 5.06. The molecule has 0 radical (unpaired) electrons. The van der Waals surface area contributed by atoms with E-state index in [0.717, 1.165) is 12.8 Å². The first-order chi connectivity index (χ1) is 8.63. The minimum Gasteiger partial charge on any atom is -0.361 e. The summed E-state index contributed by atoms with van der Waals surface area (Å²) in [5.41, 5.74) is 6.96. The summed E-state index contributed by atoms with van der Waals surface area (Å²) in [6, 6.07) is 0.0636. The lowest BCUT2D eigenvalue weighted by atomic mass is 9.97. The molecule has 1 aromatic heterocycles. The van der Waals surface area contributed by atoms with Crippen LogP contribution >= 0.6 is 0 Å². The number of carbonyl (C=O) groups excluding carboxylic acids is 1. The van der Waals surface area contributed by atoms with Gasteiger partial charge >= 0.3 is 0 Å². The van der Waals surface area contributed by atoms with Crippen molar-refractivity contribution in [3.63, 3.8) is 0 Å². The fourth-order valence-corrected chi connectivity index (χ4v) is 2.78. The van der Waals surface area contributed by atoms with Crippen molar-refractivity contribution < 1.29 is 9.32 Å². The highest BCUT2D eigenvalue weighted by atomic mass is 16.5. The minimum atomic E-state index is -0.117. The quantitative estimate of drug-likeness (QED) is 0.850. The highest BCUT2D eigenvalue weighted by molar-refractivity contribution is 5.96. The number of aromatic nitrogens is 1. The Balaban J connectivity index is 2.05. The molecule has 0 spiro atoms. The van der Waals surface area contributed by atoms with Crippen molar-refractivity contribution in [2.24, 2.45) is 11.7 Å². The number of rotatable bonds is 4. The number of aryl methyl sites for hydroxylation is 2. The van der Waals surface area contributed by atoms with E-state index in [1.807, 2.05) is 0 Å². The van der Waals surface area contributed by atoms with Gasteiger partial charge in [0.25, 0.3) is 5.91 Å². The van der Waals surface area contributed by atoms with Crippen molar-refractivity contribution in [2.75, 3.05) is 6.54 Å². The van der Waals surface area contributed by atoms with Crippen LogP contribution in [0.1, 0.15) is 47.5 Å². The summed E-state index contributed by atoms with van der Waals surface area (Å²) in [5, 5.41) is 6.83. The maximum absolute atomic E-state index is 12.2. The van der Waals surface area contributed by atoms with Crippen LogP contribution in [-0.4, -0.2) is 23.7 Å². The monoisotopic (exact) mass is 251 g/mol. The second-order valence-electron chi connectivity index (χ2n) is 5.06. The van der Waals surface area contributed by atoms with E-state index >= 15 is 0 Å². The van der Waals surface area contributed by atoms with Crippen LogP contribution in [0, 0.1) is 19.8 Å². The lowest BCUT2D eigenvalue weighted by molar-refractivity contribution is 0.0922. The standard InChI is InChI=1S/C13H21N3O2/c1-8-12(9(2)18-16-8)13(17)15-11(7-14)10-5-3-4-6-10/h10-11H,3-7,14H2,1-2H3,(H,15,17). The van der Waals surface area contributed by atoms with Crippen LogP contribution < -0.4 is 11.1 Å². The third-order valence-electron chi connectivity index (χ3n) is 3.80. The van der Waals surface area contributed by atoms with Crippen LogP contribution in [0.2, 0.25) is 0 Å². The van der Waals surface area contributed by atoms with Gasteiger partial charge in [-0.2, -0.15) is 0 Å². The van der Waals surface area contributed by atoms with Gasteiger partial charge in [0.15, 0.2) is 0 Å². The van der Waals surface area contributed by atoms with Gasteiger partial charge in [0.1, 0.15) is 11.3 Å². The Bertz CT molecular complexity index is 402. The third-order valence-corrected chi connectivity index (χ3v) is 3.80. The molecule has 100 valence electrons. The number of amides is 1. The first-order valence-corrected chi connectivity index (χ1v) is 6.57.